The third-order valence-corrected chi connectivity index (χ3v) is 14.4. The quantitative estimate of drug-likeness (QED) is 0.132. The van der Waals surface area contributed by atoms with Crippen molar-refractivity contribution >= 4 is 50.7 Å². The Balaban J connectivity index is 1.13. The summed E-state index contributed by atoms with van der Waals surface area (Å²) in [6.07, 6.45) is 1.91. The van der Waals surface area contributed by atoms with Gasteiger partial charge in [0.25, 0.3) is 0 Å². The van der Waals surface area contributed by atoms with E-state index in [0.29, 0.717) is 93.0 Å². The van der Waals surface area contributed by atoms with Crippen molar-refractivity contribution in [1.29, 1.82) is 0 Å². The Hall–Kier alpha value is -5.33. The molecular weight excluding hydrogens is 920 g/mol. The van der Waals surface area contributed by atoms with Crippen LogP contribution in [0.1, 0.15) is 33.7 Å². The molecule has 0 spiro atoms. The number of hydrogen-bond donors (Lipinski definition) is 1. The van der Waals surface area contributed by atoms with Crippen LogP contribution in [0.3, 0.4) is 0 Å². The lowest BCUT2D eigenvalue weighted by molar-refractivity contribution is -0.145. The number of benzene rings is 3. The summed E-state index contributed by atoms with van der Waals surface area (Å²) in [6.45, 7) is 10.1. The molecule has 0 amide bonds. The number of fused-ring (bicyclic) bond motifs is 7. The molecule has 2 fully saturated rings. The molecule has 3 aromatic heterocycles. The number of likely N-dealkylation sites (N-methyl/N-ethyl adjacent to an activating group) is 1. The lowest BCUT2D eigenvalue weighted by Gasteiger charge is -2.33. The first-order valence-corrected chi connectivity index (χ1v) is 23.9. The Labute approximate surface area is 402 Å². The molecule has 6 aromatic rings. The van der Waals surface area contributed by atoms with E-state index in [1.54, 1.807) is 37.6 Å². The minimum Gasteiger partial charge on any atom is -0.496 e. The van der Waals surface area contributed by atoms with Crippen LogP contribution in [0.5, 0.6) is 28.9 Å². The van der Waals surface area contributed by atoms with Crippen molar-refractivity contribution in [2.75, 3.05) is 73.3 Å². The number of rotatable bonds is 11. The van der Waals surface area contributed by atoms with Gasteiger partial charge in [-0.25, -0.2) is 24.7 Å². The molecule has 0 aliphatic carbocycles. The highest BCUT2D eigenvalue weighted by Gasteiger charge is 2.32. The number of carboxylic acids is 1. The van der Waals surface area contributed by atoms with Crippen molar-refractivity contribution in [2.24, 2.45) is 0 Å². The molecule has 3 atom stereocenters. The molecule has 7 heterocycles. The van der Waals surface area contributed by atoms with E-state index in [4.69, 9.17) is 61.3 Å². The monoisotopic (exact) mass is 970 g/mol. The van der Waals surface area contributed by atoms with Gasteiger partial charge in [-0.3, -0.25) is 0 Å². The molecule has 0 radical (unpaired) electrons. The maximum absolute atomic E-state index is 13.4. The van der Waals surface area contributed by atoms with Crippen molar-refractivity contribution in [3.63, 3.8) is 0 Å². The van der Waals surface area contributed by atoms with Crippen LogP contribution in [0.2, 0.25) is 10.0 Å². The van der Waals surface area contributed by atoms with Crippen molar-refractivity contribution in [1.82, 2.24) is 29.7 Å². The third kappa shape index (κ3) is 10.4. The fourth-order valence-corrected chi connectivity index (χ4v) is 10.4. The van der Waals surface area contributed by atoms with Gasteiger partial charge in [0.2, 0.25) is 12.0 Å². The normalized spacial score (nSPS) is 19.3. The smallest absolute Gasteiger partial charge is 0.345 e. The SMILES string of the molecule is COc1ccccc1-c1nccc(COc2ccc3cc2C[C@H](C(=O)O)Oc2ncnc4sc(C[C@@H]5COCCO5)c(c24)-c2c(C)c(Cl)c(c(Cl)c2C)O[C@H](CCN2CCN(C)CC2)CO3)n1. The van der Waals surface area contributed by atoms with E-state index in [1.165, 1.54) is 17.7 Å². The summed E-state index contributed by atoms with van der Waals surface area (Å²) in [5, 5.41) is 12.1. The molecule has 10 rings (SSSR count). The maximum Gasteiger partial charge on any atom is 0.345 e. The predicted octanol–water partition coefficient (Wildman–Crippen LogP) is 8.14. The lowest BCUT2D eigenvalue weighted by Crippen LogP contribution is -2.45. The van der Waals surface area contributed by atoms with Crippen LogP contribution in [0.4, 0.5) is 0 Å². The highest BCUT2D eigenvalue weighted by Crippen LogP contribution is 2.51. The van der Waals surface area contributed by atoms with E-state index in [-0.39, 0.29) is 31.6 Å². The maximum atomic E-state index is 13.4. The summed E-state index contributed by atoms with van der Waals surface area (Å²) in [5.41, 5.74) is 4.80. The number of hydrogen-bond acceptors (Lipinski definition) is 15. The first-order valence-electron chi connectivity index (χ1n) is 22.3. The van der Waals surface area contributed by atoms with Crippen molar-refractivity contribution in [3.05, 3.63) is 98.4 Å². The van der Waals surface area contributed by atoms with Gasteiger partial charge in [-0.05, 0) is 74.0 Å². The molecule has 4 aliphatic heterocycles. The zero-order valence-electron chi connectivity index (χ0n) is 37.8. The van der Waals surface area contributed by atoms with Gasteiger partial charge in [0.05, 0.1) is 59.7 Å². The van der Waals surface area contributed by atoms with E-state index >= 15 is 0 Å². The molecule has 0 unspecified atom stereocenters. The van der Waals surface area contributed by atoms with E-state index in [2.05, 4.69) is 31.8 Å². The molecule has 352 valence electrons. The molecule has 15 nitrogen and oxygen atoms in total. The molecular formula is C49H52Cl2N6O9S. The second kappa shape index (κ2) is 20.9. The Morgan fingerprint density at radius 1 is 0.925 bits per heavy atom. The Morgan fingerprint density at radius 2 is 1.73 bits per heavy atom. The second-order valence-corrected chi connectivity index (χ2v) is 18.7. The molecule has 3 aromatic carbocycles. The Bertz CT molecular complexity index is 2720. The van der Waals surface area contributed by atoms with E-state index in [1.807, 2.05) is 38.1 Å². The molecule has 0 saturated carbocycles. The number of piperazine rings is 1. The number of nitrogens with zero attached hydrogens (tertiary/aromatic N) is 6. The molecule has 67 heavy (non-hydrogen) atoms. The van der Waals surface area contributed by atoms with Crippen LogP contribution in [0.25, 0.3) is 32.7 Å². The zero-order chi connectivity index (χ0) is 46.6. The van der Waals surface area contributed by atoms with Crippen LogP contribution in [0.15, 0.2) is 61.1 Å². The summed E-state index contributed by atoms with van der Waals surface area (Å²) < 4.78 is 43.9. The summed E-state index contributed by atoms with van der Waals surface area (Å²) in [4.78, 5) is 38.1. The minimum absolute atomic E-state index is 0.0550. The number of aromatic nitrogens is 4. The fourth-order valence-electron chi connectivity index (χ4n) is 8.70. The average molecular weight is 972 g/mol. The number of carbonyl (C=O) groups is 1. The number of thiophene rings is 1. The van der Waals surface area contributed by atoms with Crippen molar-refractivity contribution in [3.8, 4) is 51.4 Å². The van der Waals surface area contributed by atoms with Gasteiger partial charge in [0.1, 0.15) is 47.7 Å². The van der Waals surface area contributed by atoms with Gasteiger partial charge in [-0.1, -0.05) is 35.3 Å². The fraction of sp³-hybridized carbons (Fsp3) is 0.408. The van der Waals surface area contributed by atoms with Gasteiger partial charge in [0.15, 0.2) is 11.6 Å². The standard InChI is InChI=1S/C49H52Cl2N6O9S/c1-28-40-29(2)44(51)45(43(28)50)65-33(12-14-57-17-15-56(3)16-18-57)26-63-32-9-10-36(64-24-31-11-13-52-46(55-31)35-7-5-6-8-37(35)60-4)30(21-32)22-38(49(58)59)66-47-42-41(40)39(67-48(42)54-27-53-47)23-34-25-61-19-20-62-34/h5-11,13,21,27,33-34,38H,12,14-20,22-26H2,1-4H3,(H,58,59)/t33-,34-,38-/m1/s1. The topological polar surface area (TPSA) is 160 Å². The molecule has 4 bridgehead atoms. The number of methoxy groups -OCH3 is 1. The van der Waals surface area contributed by atoms with Gasteiger partial charge in [-0.15, -0.1) is 11.3 Å². The lowest BCUT2D eigenvalue weighted by atomic mass is 9.92. The summed E-state index contributed by atoms with van der Waals surface area (Å²) in [5.74, 6) is 1.27. The summed E-state index contributed by atoms with van der Waals surface area (Å²) in [6, 6.07) is 14.6. The summed E-state index contributed by atoms with van der Waals surface area (Å²) >= 11 is 16.2. The van der Waals surface area contributed by atoms with E-state index in [9.17, 15) is 9.90 Å². The zero-order valence-corrected chi connectivity index (χ0v) is 40.1. The first-order chi connectivity index (χ1) is 32.5. The minimum atomic E-state index is -1.43. The van der Waals surface area contributed by atoms with Gasteiger partial charge < -0.3 is 48.1 Å². The Morgan fingerprint density at radius 3 is 2.49 bits per heavy atom. The molecule has 18 heteroatoms. The second-order valence-electron chi connectivity index (χ2n) is 16.9. The number of carboxylic acid groups (broad SMARTS) is 1. The van der Waals surface area contributed by atoms with Crippen LogP contribution in [-0.2, 0) is 33.7 Å². The average Bonchev–Trinajstić information content (AvgIpc) is 3.70. The molecule has 2 saturated heterocycles. The van der Waals surface area contributed by atoms with Crippen LogP contribution < -0.4 is 23.7 Å². The number of ether oxygens (including phenoxy) is 7. The van der Waals surface area contributed by atoms with Crippen LogP contribution >= 0.6 is 34.5 Å². The number of halogens is 2. The summed E-state index contributed by atoms with van der Waals surface area (Å²) in [7, 11) is 3.73. The molecule has 4 aliphatic rings. The van der Waals surface area contributed by atoms with Crippen molar-refractivity contribution < 1.29 is 43.1 Å². The predicted molar refractivity (Wildman–Crippen MR) is 256 cm³/mol. The highest BCUT2D eigenvalue weighted by molar-refractivity contribution is 7.19. The van der Waals surface area contributed by atoms with Gasteiger partial charge >= 0.3 is 5.97 Å². The van der Waals surface area contributed by atoms with Gasteiger partial charge in [0, 0.05) is 74.2 Å². The van der Waals surface area contributed by atoms with E-state index < -0.39 is 18.2 Å². The van der Waals surface area contributed by atoms with E-state index in [0.717, 1.165) is 65.4 Å². The van der Waals surface area contributed by atoms with Gasteiger partial charge in [-0.2, -0.15) is 0 Å². The number of aliphatic carboxylic acids is 1. The first kappa shape index (κ1) is 46.8. The number of para-hydroxylation sites is 1. The van der Waals surface area contributed by atoms with Crippen molar-refractivity contribution in [2.45, 2.75) is 58.0 Å². The van der Waals surface area contributed by atoms with Crippen LogP contribution in [0, 0.1) is 13.8 Å². The largest absolute Gasteiger partial charge is 0.496 e. The third-order valence-electron chi connectivity index (χ3n) is 12.4. The molecule has 1 N–H and O–H groups in total. The highest BCUT2D eigenvalue weighted by atomic mass is 35.5. The Kier molecular flexibility index (Phi) is 14.6. The van der Waals surface area contributed by atoms with Crippen LogP contribution in [-0.4, -0.2) is 132 Å².